The highest BCUT2D eigenvalue weighted by molar-refractivity contribution is 6.39. The Morgan fingerprint density at radius 1 is 1.02 bits per heavy atom. The Hall–Kier alpha value is -4.36. The number of amides is 1. The zero-order chi connectivity index (χ0) is 32.6. The lowest BCUT2D eigenvalue weighted by Gasteiger charge is -2.33. The van der Waals surface area contributed by atoms with E-state index in [0.29, 0.717) is 29.9 Å². The molecule has 1 aromatic carbocycles. The highest BCUT2D eigenvalue weighted by atomic mass is 35.5. The van der Waals surface area contributed by atoms with Crippen LogP contribution in [0.3, 0.4) is 0 Å². The molecule has 0 spiro atoms. The molecule has 0 bridgehead atoms. The van der Waals surface area contributed by atoms with E-state index in [2.05, 4.69) is 15.2 Å². The number of nitrogens with zero attached hydrogens (tertiary/aromatic N) is 7. The lowest BCUT2D eigenvalue weighted by atomic mass is 10.1. The highest BCUT2D eigenvalue weighted by Gasteiger charge is 2.28. The van der Waals surface area contributed by atoms with Gasteiger partial charge >= 0.3 is 6.09 Å². The van der Waals surface area contributed by atoms with Gasteiger partial charge in [0.05, 0.1) is 38.3 Å². The molecule has 3 aromatic heterocycles. The van der Waals surface area contributed by atoms with Crippen LogP contribution in [0.2, 0.25) is 10.0 Å². The third-order valence-electron chi connectivity index (χ3n) is 7.28. The molecule has 15 heteroatoms. The van der Waals surface area contributed by atoms with Crippen molar-refractivity contribution in [1.82, 2.24) is 34.4 Å². The molecule has 4 heterocycles. The number of carbonyl (C=O) groups is 1. The van der Waals surface area contributed by atoms with Crippen LogP contribution < -0.4 is 20.8 Å². The van der Waals surface area contributed by atoms with Crippen molar-refractivity contribution in [3.05, 3.63) is 56.7 Å². The van der Waals surface area contributed by atoms with Gasteiger partial charge in [-0.15, -0.1) is 0 Å². The largest absolute Gasteiger partial charge is 0.495 e. The number of nitrogen functional groups attached to an aromatic ring is 1. The highest BCUT2D eigenvalue weighted by Crippen LogP contribution is 2.42. The van der Waals surface area contributed by atoms with Gasteiger partial charge in [-0.3, -0.25) is 9.48 Å². The predicted molar refractivity (Wildman–Crippen MR) is 170 cm³/mol. The summed E-state index contributed by atoms with van der Waals surface area (Å²) in [5.74, 6) is 0.607. The molecule has 4 aromatic rings. The van der Waals surface area contributed by atoms with Gasteiger partial charge < -0.3 is 24.8 Å². The molecule has 5 rings (SSSR count). The summed E-state index contributed by atoms with van der Waals surface area (Å²) in [6.45, 7) is 8.32. The van der Waals surface area contributed by atoms with Crippen molar-refractivity contribution in [3.63, 3.8) is 0 Å². The number of hydrogen-bond acceptors (Lipinski definition) is 10. The van der Waals surface area contributed by atoms with Gasteiger partial charge in [0.1, 0.15) is 44.2 Å². The number of ether oxygens (including phenoxy) is 3. The van der Waals surface area contributed by atoms with Crippen molar-refractivity contribution in [1.29, 1.82) is 0 Å². The van der Waals surface area contributed by atoms with Gasteiger partial charge in [0.15, 0.2) is 5.82 Å². The average Bonchev–Trinajstić information content (AvgIpc) is 3.49. The number of hydrogen-bond donors (Lipinski definition) is 1. The van der Waals surface area contributed by atoms with Crippen molar-refractivity contribution >= 4 is 35.1 Å². The molecule has 1 amide bonds. The monoisotopic (exact) mass is 656 g/mol. The molecule has 1 saturated heterocycles. The van der Waals surface area contributed by atoms with E-state index in [0.717, 1.165) is 17.5 Å². The molecule has 0 atom stereocenters. The number of benzene rings is 1. The second kappa shape index (κ2) is 12.6. The van der Waals surface area contributed by atoms with Gasteiger partial charge in [-0.05, 0) is 46.6 Å². The summed E-state index contributed by atoms with van der Waals surface area (Å²) in [5.41, 5.74) is 7.44. The fourth-order valence-corrected chi connectivity index (χ4v) is 5.64. The summed E-state index contributed by atoms with van der Waals surface area (Å²) in [7, 11) is 2.88. The van der Waals surface area contributed by atoms with Crippen molar-refractivity contribution in [2.24, 2.45) is 0 Å². The number of halogens is 2. The summed E-state index contributed by atoms with van der Waals surface area (Å²) in [4.78, 5) is 36.6. The van der Waals surface area contributed by atoms with Crippen LogP contribution in [0.1, 0.15) is 45.2 Å². The molecule has 13 nitrogen and oxygen atoms in total. The number of anilines is 1. The van der Waals surface area contributed by atoms with E-state index in [-0.39, 0.29) is 56.6 Å². The van der Waals surface area contributed by atoms with E-state index in [1.54, 1.807) is 30.3 Å². The van der Waals surface area contributed by atoms with Crippen LogP contribution >= 0.6 is 23.2 Å². The van der Waals surface area contributed by atoms with Crippen molar-refractivity contribution < 1.29 is 19.0 Å². The molecule has 1 fully saturated rings. The van der Waals surface area contributed by atoms with E-state index < -0.39 is 11.2 Å². The van der Waals surface area contributed by atoms with Crippen LogP contribution in [0, 0.1) is 6.92 Å². The number of rotatable bonds is 6. The molecule has 0 unspecified atom stereocenters. The Morgan fingerprint density at radius 2 is 1.67 bits per heavy atom. The molecule has 2 N–H and O–H groups in total. The zero-order valence-electron chi connectivity index (χ0n) is 25.8. The number of nitrogens with two attached hydrogens (primary N) is 1. The summed E-state index contributed by atoms with van der Waals surface area (Å²) < 4.78 is 19.2. The second-order valence-electron chi connectivity index (χ2n) is 11.6. The number of piperidine rings is 1. The lowest BCUT2D eigenvalue weighted by Crippen LogP contribution is -2.42. The van der Waals surface area contributed by atoms with E-state index in [1.807, 2.05) is 31.6 Å². The average molecular weight is 658 g/mol. The van der Waals surface area contributed by atoms with Gasteiger partial charge in [0, 0.05) is 36.5 Å². The van der Waals surface area contributed by atoms with Crippen LogP contribution in [0.5, 0.6) is 11.5 Å². The van der Waals surface area contributed by atoms with Crippen molar-refractivity contribution in [3.8, 4) is 39.8 Å². The Balaban J connectivity index is 1.45. The quantitative estimate of drug-likeness (QED) is 0.288. The summed E-state index contributed by atoms with van der Waals surface area (Å²) in [6.07, 6.45) is 6.28. The number of aryl methyl sites for hydroxylation is 1. The molecule has 1 aliphatic heterocycles. The second-order valence-corrected chi connectivity index (χ2v) is 12.3. The fraction of sp³-hybridized carbons (Fsp3) is 0.400. The molecule has 0 radical (unpaired) electrons. The maximum atomic E-state index is 13.3. The fourth-order valence-electron chi connectivity index (χ4n) is 4.98. The molecule has 45 heavy (non-hydrogen) atoms. The summed E-state index contributed by atoms with van der Waals surface area (Å²) in [6, 6.07) is 3.19. The molecule has 0 aliphatic carbocycles. The van der Waals surface area contributed by atoms with Gasteiger partial charge in [0.2, 0.25) is 0 Å². The van der Waals surface area contributed by atoms with Gasteiger partial charge in [-0.25, -0.2) is 14.8 Å². The van der Waals surface area contributed by atoms with E-state index in [4.69, 9.17) is 48.1 Å². The Morgan fingerprint density at radius 3 is 2.27 bits per heavy atom. The third-order valence-corrected chi connectivity index (χ3v) is 8.01. The number of carbonyl (C=O) groups excluding carboxylic acids is 1. The molecule has 1 aliphatic rings. The van der Waals surface area contributed by atoms with Crippen LogP contribution in [-0.2, 0) is 4.74 Å². The maximum absolute atomic E-state index is 13.3. The predicted octanol–water partition coefficient (Wildman–Crippen LogP) is 5.34. The van der Waals surface area contributed by atoms with Gasteiger partial charge in [0.25, 0.3) is 5.56 Å². The summed E-state index contributed by atoms with van der Waals surface area (Å²) >= 11 is 13.2. The first kappa shape index (κ1) is 32.0. The SMILES string of the molecule is COc1cc(OC)c(Cl)c(-n2nc(-c3nc(-c4cnn(C5CCN(C(=O)OC(C)(C)C)CC5)c4)cnc3N)cc(C)c2=O)c1Cl. The molecule has 0 saturated carbocycles. The van der Waals surface area contributed by atoms with Crippen molar-refractivity contribution in [2.75, 3.05) is 33.0 Å². The topological polar surface area (TPSA) is 153 Å². The molecule has 238 valence electrons. The van der Waals surface area contributed by atoms with Crippen LogP contribution in [0.25, 0.3) is 28.3 Å². The first-order chi connectivity index (χ1) is 21.3. The number of likely N-dealkylation sites (tertiary alicyclic amines) is 1. The Labute approximate surface area is 269 Å². The van der Waals surface area contributed by atoms with E-state index >= 15 is 0 Å². The number of methoxy groups -OCH3 is 2. The summed E-state index contributed by atoms with van der Waals surface area (Å²) in [5, 5.41) is 9.26. The minimum absolute atomic E-state index is 0.0756. The van der Waals surface area contributed by atoms with Crippen LogP contribution in [-0.4, -0.2) is 73.4 Å². The first-order valence-electron chi connectivity index (χ1n) is 14.2. The standard InChI is InChI=1S/C30H34Cl2N8O5/c1-16-11-19(37-40(28(16)41)26-23(31)21(43-5)12-22(44-6)24(26)32)25-27(33)34-14-20(36-25)17-13-35-39(15-17)18-7-9-38(10-8-18)29(42)45-30(2,3)4/h11-15,18H,7-10H2,1-6H3,(H2,33,34). The lowest BCUT2D eigenvalue weighted by molar-refractivity contribution is 0.0185. The minimum atomic E-state index is -0.544. The van der Waals surface area contributed by atoms with E-state index in [1.165, 1.54) is 20.3 Å². The normalized spacial score (nSPS) is 14.0. The Bertz CT molecular complexity index is 1780. The van der Waals surface area contributed by atoms with Gasteiger partial charge in [-0.1, -0.05) is 23.2 Å². The first-order valence-corrected chi connectivity index (χ1v) is 14.9. The Kier molecular flexibility index (Phi) is 8.95. The smallest absolute Gasteiger partial charge is 0.410 e. The third kappa shape index (κ3) is 6.54. The molecular weight excluding hydrogens is 623 g/mol. The molecular formula is C30H34Cl2N8O5. The van der Waals surface area contributed by atoms with Gasteiger partial charge in [-0.2, -0.15) is 14.9 Å². The zero-order valence-corrected chi connectivity index (χ0v) is 27.3. The number of aromatic nitrogens is 6. The van der Waals surface area contributed by atoms with E-state index in [9.17, 15) is 9.59 Å². The van der Waals surface area contributed by atoms with Crippen molar-refractivity contribution in [2.45, 2.75) is 52.2 Å². The minimum Gasteiger partial charge on any atom is -0.495 e. The van der Waals surface area contributed by atoms with Crippen LogP contribution in [0.15, 0.2) is 35.5 Å². The maximum Gasteiger partial charge on any atom is 0.410 e. The van der Waals surface area contributed by atoms with Crippen LogP contribution in [0.4, 0.5) is 10.6 Å².